The molecule has 32 heavy (non-hydrogen) atoms. The number of carbonyl (C=O) groups is 1. The highest BCUT2D eigenvalue weighted by Crippen LogP contribution is 2.18. The van der Waals surface area contributed by atoms with Crippen molar-refractivity contribution in [3.05, 3.63) is 95.8 Å². The van der Waals surface area contributed by atoms with Crippen LogP contribution in [0.25, 0.3) is 0 Å². The Kier molecular flexibility index (Phi) is 7.61. The van der Waals surface area contributed by atoms with Gasteiger partial charge >= 0.3 is 0 Å². The van der Waals surface area contributed by atoms with Crippen molar-refractivity contribution in [1.29, 1.82) is 0 Å². The van der Waals surface area contributed by atoms with Crippen LogP contribution in [0.1, 0.15) is 24.1 Å². The minimum atomic E-state index is -4.04. The molecule has 3 rings (SSSR count). The summed E-state index contributed by atoms with van der Waals surface area (Å²) in [5.41, 5.74) is 1.64. The van der Waals surface area contributed by atoms with Gasteiger partial charge in [0.05, 0.1) is 18.0 Å². The number of sulfonamides is 1. The average molecular weight is 457 g/mol. The molecule has 8 heteroatoms. The summed E-state index contributed by atoms with van der Waals surface area (Å²) in [6.07, 6.45) is 0.155. The van der Waals surface area contributed by atoms with Crippen LogP contribution in [0.2, 0.25) is 0 Å². The molecule has 0 heterocycles. The maximum Gasteiger partial charge on any atom is 0.241 e. The SMILES string of the molecule is COc1ccc([C@H](C)NC(=O)[C@@H](Cc2ccccc2)NS(=O)(=O)c2ccc(F)cc2)cc1. The second-order valence-electron chi connectivity index (χ2n) is 7.32. The van der Waals surface area contributed by atoms with E-state index in [-0.39, 0.29) is 17.4 Å². The minimum absolute atomic E-state index is 0.118. The quantitative estimate of drug-likeness (QED) is 0.515. The molecule has 0 spiro atoms. The summed E-state index contributed by atoms with van der Waals surface area (Å²) in [5, 5.41) is 2.87. The number of hydrogen-bond donors (Lipinski definition) is 2. The number of rotatable bonds is 9. The van der Waals surface area contributed by atoms with Gasteiger partial charge in [-0.05, 0) is 60.9 Å². The Morgan fingerprint density at radius 1 is 0.969 bits per heavy atom. The first-order valence-electron chi connectivity index (χ1n) is 10.0. The summed E-state index contributed by atoms with van der Waals surface area (Å²) in [7, 11) is -2.47. The van der Waals surface area contributed by atoms with Crippen molar-refractivity contribution in [2.75, 3.05) is 7.11 Å². The van der Waals surface area contributed by atoms with Crippen molar-refractivity contribution in [2.24, 2.45) is 0 Å². The van der Waals surface area contributed by atoms with Gasteiger partial charge in [-0.3, -0.25) is 4.79 Å². The zero-order chi connectivity index (χ0) is 23.1. The number of ether oxygens (including phenoxy) is 1. The summed E-state index contributed by atoms with van der Waals surface area (Å²) in [4.78, 5) is 13.0. The smallest absolute Gasteiger partial charge is 0.241 e. The van der Waals surface area contributed by atoms with E-state index in [1.165, 1.54) is 0 Å². The van der Waals surface area contributed by atoms with Crippen LogP contribution in [0.15, 0.2) is 83.8 Å². The monoisotopic (exact) mass is 456 g/mol. The van der Waals surface area contributed by atoms with Crippen LogP contribution >= 0.6 is 0 Å². The predicted molar refractivity (Wildman–Crippen MR) is 120 cm³/mol. The molecule has 0 saturated heterocycles. The standard InChI is InChI=1S/C24H25FN2O4S/c1-17(19-8-12-21(31-2)13-9-19)26-24(28)23(16-18-6-4-3-5-7-18)27-32(29,30)22-14-10-20(25)11-15-22/h3-15,17,23,27H,16H2,1-2H3,(H,26,28)/t17-,23+/m0/s1. The van der Waals surface area contributed by atoms with Crippen LogP contribution < -0.4 is 14.8 Å². The number of hydrogen-bond acceptors (Lipinski definition) is 4. The van der Waals surface area contributed by atoms with Gasteiger partial charge in [0.2, 0.25) is 15.9 Å². The molecule has 0 aromatic heterocycles. The number of amides is 1. The summed E-state index contributed by atoms with van der Waals surface area (Å²) in [6.45, 7) is 1.81. The second kappa shape index (κ2) is 10.4. The van der Waals surface area contributed by atoms with Crippen LogP contribution in [0, 0.1) is 5.82 Å². The second-order valence-corrected chi connectivity index (χ2v) is 9.03. The molecule has 6 nitrogen and oxygen atoms in total. The lowest BCUT2D eigenvalue weighted by molar-refractivity contribution is -0.123. The summed E-state index contributed by atoms with van der Waals surface area (Å²) in [5.74, 6) is -0.319. The maximum atomic E-state index is 13.2. The lowest BCUT2D eigenvalue weighted by Crippen LogP contribution is -2.48. The third-order valence-corrected chi connectivity index (χ3v) is 6.48. The molecule has 2 atom stereocenters. The topological polar surface area (TPSA) is 84.5 Å². The molecule has 0 radical (unpaired) electrons. The minimum Gasteiger partial charge on any atom is -0.497 e. The molecule has 0 aliphatic heterocycles. The predicted octanol–water partition coefficient (Wildman–Crippen LogP) is 3.60. The Morgan fingerprint density at radius 2 is 1.59 bits per heavy atom. The molecule has 168 valence electrons. The number of halogens is 1. The van der Waals surface area contributed by atoms with Gasteiger partial charge in [0.15, 0.2) is 0 Å². The maximum absolute atomic E-state index is 13.2. The third-order valence-electron chi connectivity index (χ3n) is 5.00. The van der Waals surface area contributed by atoms with E-state index in [1.54, 1.807) is 19.2 Å². The van der Waals surface area contributed by atoms with E-state index in [0.717, 1.165) is 35.4 Å². The van der Waals surface area contributed by atoms with E-state index >= 15 is 0 Å². The van der Waals surface area contributed by atoms with Crippen molar-refractivity contribution < 1.29 is 22.3 Å². The molecule has 0 bridgehead atoms. The number of nitrogens with one attached hydrogen (secondary N) is 2. The van der Waals surface area contributed by atoms with Crippen molar-refractivity contribution in [1.82, 2.24) is 10.0 Å². The molecule has 0 aliphatic rings. The van der Waals surface area contributed by atoms with Gasteiger partial charge in [0.1, 0.15) is 17.6 Å². The molecule has 0 unspecified atom stereocenters. The Labute approximate surface area is 187 Å². The molecular weight excluding hydrogens is 431 g/mol. The summed E-state index contributed by atoms with van der Waals surface area (Å²) >= 11 is 0. The lowest BCUT2D eigenvalue weighted by atomic mass is 10.0. The molecule has 0 saturated carbocycles. The first kappa shape index (κ1) is 23.4. The van der Waals surface area contributed by atoms with Crippen molar-refractivity contribution in [3.8, 4) is 5.75 Å². The molecule has 3 aromatic carbocycles. The summed E-state index contributed by atoms with van der Waals surface area (Å²) < 4.78 is 46.5. The largest absolute Gasteiger partial charge is 0.497 e. The zero-order valence-electron chi connectivity index (χ0n) is 17.8. The lowest BCUT2D eigenvalue weighted by Gasteiger charge is -2.22. The first-order valence-corrected chi connectivity index (χ1v) is 11.5. The van der Waals surface area contributed by atoms with Crippen LogP contribution in [-0.2, 0) is 21.2 Å². The molecule has 2 N–H and O–H groups in total. The Balaban J connectivity index is 1.81. The van der Waals surface area contributed by atoms with Gasteiger partial charge in [0.25, 0.3) is 0 Å². The van der Waals surface area contributed by atoms with Gasteiger partial charge in [-0.2, -0.15) is 4.72 Å². The highest BCUT2D eigenvalue weighted by Gasteiger charge is 2.27. The van der Waals surface area contributed by atoms with E-state index in [2.05, 4.69) is 10.0 Å². The van der Waals surface area contributed by atoms with Gasteiger partial charge in [-0.1, -0.05) is 42.5 Å². The van der Waals surface area contributed by atoms with E-state index in [4.69, 9.17) is 4.74 Å². The van der Waals surface area contributed by atoms with Crippen molar-refractivity contribution >= 4 is 15.9 Å². The average Bonchev–Trinajstić information content (AvgIpc) is 2.79. The van der Waals surface area contributed by atoms with E-state index in [9.17, 15) is 17.6 Å². The van der Waals surface area contributed by atoms with Crippen molar-refractivity contribution in [3.63, 3.8) is 0 Å². The van der Waals surface area contributed by atoms with E-state index in [1.807, 2.05) is 49.4 Å². The highest BCUT2D eigenvalue weighted by molar-refractivity contribution is 7.89. The highest BCUT2D eigenvalue weighted by atomic mass is 32.2. The summed E-state index contributed by atoms with van der Waals surface area (Å²) in [6, 6.07) is 19.4. The molecule has 0 aliphatic carbocycles. The fraction of sp³-hybridized carbons (Fsp3) is 0.208. The normalized spacial score (nSPS) is 13.2. The van der Waals surface area contributed by atoms with Gasteiger partial charge in [-0.25, -0.2) is 12.8 Å². The van der Waals surface area contributed by atoms with Crippen LogP contribution in [0.5, 0.6) is 5.75 Å². The molecule has 0 fully saturated rings. The molecule has 3 aromatic rings. The Hall–Kier alpha value is -3.23. The number of carbonyl (C=O) groups excluding carboxylic acids is 1. The fourth-order valence-corrected chi connectivity index (χ4v) is 4.39. The van der Waals surface area contributed by atoms with Crippen LogP contribution in [0.4, 0.5) is 4.39 Å². The van der Waals surface area contributed by atoms with Gasteiger partial charge in [0, 0.05) is 0 Å². The molecule has 1 amide bonds. The van der Waals surface area contributed by atoms with E-state index < -0.39 is 27.8 Å². The Bertz CT molecular complexity index is 1130. The molecular formula is C24H25FN2O4S. The van der Waals surface area contributed by atoms with E-state index in [0.29, 0.717) is 5.75 Å². The number of benzene rings is 3. The van der Waals surface area contributed by atoms with Gasteiger partial charge < -0.3 is 10.1 Å². The van der Waals surface area contributed by atoms with Gasteiger partial charge in [-0.15, -0.1) is 0 Å². The fourth-order valence-electron chi connectivity index (χ4n) is 3.20. The van der Waals surface area contributed by atoms with Crippen LogP contribution in [0.3, 0.4) is 0 Å². The first-order chi connectivity index (χ1) is 15.3. The van der Waals surface area contributed by atoms with Crippen LogP contribution in [-0.4, -0.2) is 27.5 Å². The Morgan fingerprint density at radius 3 is 2.19 bits per heavy atom. The number of methoxy groups -OCH3 is 1. The third kappa shape index (κ3) is 6.15. The van der Waals surface area contributed by atoms with Crippen molar-refractivity contribution in [2.45, 2.75) is 30.3 Å². The zero-order valence-corrected chi connectivity index (χ0v) is 18.6.